The summed E-state index contributed by atoms with van der Waals surface area (Å²) in [6, 6.07) is 2.51. The van der Waals surface area contributed by atoms with E-state index in [1.807, 2.05) is 0 Å². The predicted molar refractivity (Wildman–Crippen MR) is 51.9 cm³/mol. The maximum absolute atomic E-state index is 11.7. The van der Waals surface area contributed by atoms with Crippen LogP contribution < -0.4 is 5.56 Å². The molecule has 1 heterocycles. The van der Waals surface area contributed by atoms with E-state index in [-0.39, 0.29) is 11.6 Å². The van der Waals surface area contributed by atoms with Crippen molar-refractivity contribution in [1.29, 1.82) is 0 Å². The molecule has 0 spiro atoms. The number of carbonyl (C=O) groups is 1. The molecular formula is C10H11NO4. The summed E-state index contributed by atoms with van der Waals surface area (Å²) < 4.78 is 1.30. The van der Waals surface area contributed by atoms with Gasteiger partial charge in [0.15, 0.2) is 0 Å². The second-order valence-electron chi connectivity index (χ2n) is 3.65. The average molecular weight is 209 g/mol. The van der Waals surface area contributed by atoms with E-state index in [1.165, 1.54) is 22.9 Å². The summed E-state index contributed by atoms with van der Waals surface area (Å²) in [6.45, 7) is 0. The van der Waals surface area contributed by atoms with Crippen LogP contribution in [-0.2, 0) is 0 Å². The minimum atomic E-state index is -1.23. The first-order valence-corrected chi connectivity index (χ1v) is 4.74. The first kappa shape index (κ1) is 9.92. The van der Waals surface area contributed by atoms with Gasteiger partial charge < -0.3 is 14.8 Å². The predicted octanol–water partition coefficient (Wildman–Crippen LogP) is 0.242. The molecule has 0 bridgehead atoms. The molecule has 2 rings (SSSR count). The van der Waals surface area contributed by atoms with Crippen LogP contribution in [0.5, 0.6) is 0 Å². The number of hydrogen-bond acceptors (Lipinski definition) is 3. The van der Waals surface area contributed by atoms with Gasteiger partial charge in [-0.3, -0.25) is 4.79 Å². The Hall–Kier alpha value is -1.62. The summed E-state index contributed by atoms with van der Waals surface area (Å²) in [6.07, 6.45) is 2.35. The van der Waals surface area contributed by atoms with E-state index in [0.29, 0.717) is 12.8 Å². The molecule has 1 aliphatic rings. The Labute approximate surface area is 85.6 Å². The molecule has 2 atom stereocenters. The third-order valence-corrected chi connectivity index (χ3v) is 2.76. The van der Waals surface area contributed by atoms with Crippen molar-refractivity contribution in [3.63, 3.8) is 0 Å². The van der Waals surface area contributed by atoms with Crippen LogP contribution in [0.15, 0.2) is 23.1 Å². The molecule has 0 aliphatic heterocycles. The molecular weight excluding hydrogens is 198 g/mol. The van der Waals surface area contributed by atoms with Crippen LogP contribution in [0.2, 0.25) is 0 Å². The van der Waals surface area contributed by atoms with Crippen molar-refractivity contribution < 1.29 is 15.0 Å². The van der Waals surface area contributed by atoms with Crippen LogP contribution in [0.3, 0.4) is 0 Å². The van der Waals surface area contributed by atoms with Gasteiger partial charge in [0.1, 0.15) is 5.56 Å². The molecule has 2 N–H and O–H groups in total. The first-order chi connectivity index (χ1) is 7.11. The van der Waals surface area contributed by atoms with Gasteiger partial charge in [-0.15, -0.1) is 0 Å². The summed E-state index contributed by atoms with van der Waals surface area (Å²) in [7, 11) is 0. The molecule has 1 aliphatic carbocycles. The highest BCUT2D eigenvalue weighted by Crippen LogP contribution is 2.30. The number of aromatic nitrogens is 1. The molecule has 0 amide bonds. The summed E-state index contributed by atoms with van der Waals surface area (Å²) in [5.41, 5.74) is -0.801. The van der Waals surface area contributed by atoms with E-state index in [0.717, 1.165) is 0 Å². The molecule has 15 heavy (non-hydrogen) atoms. The van der Waals surface area contributed by atoms with Crippen molar-refractivity contribution in [2.45, 2.75) is 25.0 Å². The molecule has 0 saturated heterocycles. The summed E-state index contributed by atoms with van der Waals surface area (Å²) in [5, 5.41) is 18.2. The first-order valence-electron chi connectivity index (χ1n) is 4.74. The number of aromatic carboxylic acids is 1. The number of rotatable bonds is 2. The Morgan fingerprint density at radius 3 is 2.67 bits per heavy atom. The van der Waals surface area contributed by atoms with Crippen molar-refractivity contribution >= 4 is 5.97 Å². The highest BCUT2D eigenvalue weighted by Gasteiger charge is 2.31. The monoisotopic (exact) mass is 209 g/mol. The zero-order chi connectivity index (χ0) is 11.0. The normalized spacial score (nSPS) is 24.6. The molecule has 5 heteroatoms. The molecule has 1 unspecified atom stereocenters. The highest BCUT2D eigenvalue weighted by atomic mass is 16.4. The number of carboxylic acid groups (broad SMARTS) is 1. The number of hydrogen-bond donors (Lipinski definition) is 2. The Morgan fingerprint density at radius 2 is 2.20 bits per heavy atom. The molecule has 0 radical (unpaired) electrons. The van der Waals surface area contributed by atoms with Crippen molar-refractivity contribution in [3.8, 4) is 0 Å². The van der Waals surface area contributed by atoms with Crippen LogP contribution in [0, 0.1) is 0 Å². The molecule has 1 saturated carbocycles. The van der Waals surface area contributed by atoms with Gasteiger partial charge in [0.25, 0.3) is 5.56 Å². The van der Waals surface area contributed by atoms with E-state index in [2.05, 4.69) is 0 Å². The smallest absolute Gasteiger partial charge is 0.341 e. The zero-order valence-electron chi connectivity index (χ0n) is 7.96. The molecule has 1 fully saturated rings. The fourth-order valence-electron chi connectivity index (χ4n) is 1.72. The van der Waals surface area contributed by atoms with Gasteiger partial charge in [0, 0.05) is 6.20 Å². The highest BCUT2D eigenvalue weighted by molar-refractivity contribution is 5.86. The third kappa shape index (κ3) is 1.55. The molecule has 5 nitrogen and oxygen atoms in total. The van der Waals surface area contributed by atoms with Crippen LogP contribution in [-0.4, -0.2) is 26.9 Å². The van der Waals surface area contributed by atoms with E-state index < -0.39 is 17.6 Å². The summed E-state index contributed by atoms with van der Waals surface area (Å²) in [5.74, 6) is -1.23. The minimum Gasteiger partial charge on any atom is -0.477 e. The van der Waals surface area contributed by atoms with Gasteiger partial charge in [0.2, 0.25) is 0 Å². The minimum absolute atomic E-state index is 0.253. The zero-order valence-corrected chi connectivity index (χ0v) is 7.96. The van der Waals surface area contributed by atoms with Gasteiger partial charge in [-0.05, 0) is 25.0 Å². The molecule has 0 aromatic carbocycles. The Kier molecular flexibility index (Phi) is 2.32. The van der Waals surface area contributed by atoms with Crippen molar-refractivity contribution in [2.24, 2.45) is 0 Å². The van der Waals surface area contributed by atoms with Crippen molar-refractivity contribution in [1.82, 2.24) is 4.57 Å². The quantitative estimate of drug-likeness (QED) is 0.731. The van der Waals surface area contributed by atoms with Crippen LogP contribution in [0.1, 0.15) is 29.2 Å². The Balaban J connectivity index is 2.45. The van der Waals surface area contributed by atoms with Gasteiger partial charge >= 0.3 is 5.97 Å². The van der Waals surface area contributed by atoms with E-state index in [4.69, 9.17) is 5.11 Å². The Morgan fingerprint density at radius 1 is 1.47 bits per heavy atom. The van der Waals surface area contributed by atoms with E-state index >= 15 is 0 Å². The van der Waals surface area contributed by atoms with Gasteiger partial charge in [0.05, 0.1) is 12.1 Å². The standard InChI is InChI=1S/C10H11NO4/c12-8-4-3-7(8)11-5-1-2-6(9(11)13)10(14)15/h1-2,5,7-8,12H,3-4H2,(H,14,15)/t7?,8-/m1/s1. The fraction of sp³-hybridized carbons (Fsp3) is 0.400. The number of pyridine rings is 1. The molecule has 1 aromatic heterocycles. The van der Waals surface area contributed by atoms with Gasteiger partial charge in [-0.1, -0.05) is 0 Å². The number of aliphatic hydroxyl groups excluding tert-OH is 1. The Bertz CT molecular complexity index is 451. The third-order valence-electron chi connectivity index (χ3n) is 2.76. The van der Waals surface area contributed by atoms with Crippen LogP contribution in [0.25, 0.3) is 0 Å². The number of carboxylic acids is 1. The van der Waals surface area contributed by atoms with Crippen molar-refractivity contribution in [3.05, 3.63) is 34.2 Å². The topological polar surface area (TPSA) is 79.5 Å². The summed E-state index contributed by atoms with van der Waals surface area (Å²) in [4.78, 5) is 22.4. The fourth-order valence-corrected chi connectivity index (χ4v) is 1.72. The molecule has 80 valence electrons. The lowest BCUT2D eigenvalue weighted by atomic mass is 9.89. The second kappa shape index (κ2) is 3.51. The lowest BCUT2D eigenvalue weighted by molar-refractivity contribution is 0.0294. The van der Waals surface area contributed by atoms with Crippen molar-refractivity contribution in [2.75, 3.05) is 0 Å². The lowest BCUT2D eigenvalue weighted by Crippen LogP contribution is -2.40. The molecule has 1 aromatic rings. The van der Waals surface area contributed by atoms with Gasteiger partial charge in [-0.25, -0.2) is 4.79 Å². The maximum Gasteiger partial charge on any atom is 0.341 e. The number of nitrogens with zero attached hydrogens (tertiary/aromatic N) is 1. The largest absolute Gasteiger partial charge is 0.477 e. The second-order valence-corrected chi connectivity index (χ2v) is 3.65. The van der Waals surface area contributed by atoms with E-state index in [9.17, 15) is 14.7 Å². The average Bonchev–Trinajstić information content (AvgIpc) is 2.18. The SMILES string of the molecule is O=C(O)c1cccn(C2CC[C@H]2O)c1=O. The lowest BCUT2D eigenvalue weighted by Gasteiger charge is -2.33. The summed E-state index contributed by atoms with van der Waals surface area (Å²) >= 11 is 0. The van der Waals surface area contributed by atoms with Crippen LogP contribution in [0.4, 0.5) is 0 Å². The maximum atomic E-state index is 11.7. The van der Waals surface area contributed by atoms with Crippen LogP contribution >= 0.6 is 0 Å². The number of aliphatic hydroxyl groups is 1. The van der Waals surface area contributed by atoms with E-state index in [1.54, 1.807) is 0 Å². The van der Waals surface area contributed by atoms with Gasteiger partial charge in [-0.2, -0.15) is 0 Å².